The van der Waals surface area contributed by atoms with Crippen molar-refractivity contribution in [1.29, 1.82) is 0 Å². The lowest BCUT2D eigenvalue weighted by atomic mass is 9.98. The Bertz CT molecular complexity index is 657. The molecule has 0 amide bonds. The summed E-state index contributed by atoms with van der Waals surface area (Å²) in [6.45, 7) is 11.6. The second-order valence-corrected chi connectivity index (χ2v) is 7.42. The Kier molecular flexibility index (Phi) is 7.78. The zero-order chi connectivity index (χ0) is 18.1. The van der Waals surface area contributed by atoms with Crippen molar-refractivity contribution in [2.45, 2.75) is 46.5 Å². The van der Waals surface area contributed by atoms with Crippen molar-refractivity contribution in [2.75, 3.05) is 6.61 Å². The zero-order valence-electron chi connectivity index (χ0n) is 16.0. The van der Waals surface area contributed by atoms with Crippen molar-refractivity contribution in [2.24, 2.45) is 11.8 Å². The molecule has 0 spiro atoms. The van der Waals surface area contributed by atoms with Gasteiger partial charge in [-0.05, 0) is 53.1 Å². The van der Waals surface area contributed by atoms with E-state index in [-0.39, 0.29) is 0 Å². The molecular weight excluding hydrogens is 304 g/mol. The van der Waals surface area contributed by atoms with Crippen molar-refractivity contribution in [3.05, 3.63) is 60.7 Å². The molecule has 1 unspecified atom stereocenters. The largest absolute Gasteiger partial charge is 0.494 e. The molecule has 0 aromatic heterocycles. The van der Waals surface area contributed by atoms with E-state index in [1.54, 1.807) is 0 Å². The second kappa shape index (κ2) is 10.1. The van der Waals surface area contributed by atoms with Crippen LogP contribution in [0.2, 0.25) is 0 Å². The molecule has 0 aliphatic rings. The highest BCUT2D eigenvalue weighted by molar-refractivity contribution is 5.68. The van der Waals surface area contributed by atoms with E-state index in [2.05, 4.69) is 69.8 Å². The molecule has 0 N–H and O–H groups in total. The Hall–Kier alpha value is -2.02. The van der Waals surface area contributed by atoms with Crippen LogP contribution in [0.25, 0.3) is 17.2 Å². The van der Waals surface area contributed by atoms with Gasteiger partial charge in [-0.2, -0.15) is 0 Å². The standard InChI is InChI=1S/C24H32O/c1-5-21-11-7-12-22(17-21)23-13-8-14-24(18-23)25-16-15-20(4)10-6-9-19(2)3/h5,7-8,11-14,17-20H,1,6,9-10,15-16H2,2-4H3. The molecule has 0 bridgehead atoms. The molecule has 134 valence electrons. The van der Waals surface area contributed by atoms with Crippen LogP contribution in [0.4, 0.5) is 0 Å². The van der Waals surface area contributed by atoms with Gasteiger partial charge >= 0.3 is 0 Å². The number of hydrogen-bond donors (Lipinski definition) is 0. The van der Waals surface area contributed by atoms with Gasteiger partial charge in [0.15, 0.2) is 0 Å². The molecule has 0 heterocycles. The van der Waals surface area contributed by atoms with Gasteiger partial charge in [-0.1, -0.05) is 83.0 Å². The molecule has 0 saturated carbocycles. The Morgan fingerprint density at radius 2 is 1.64 bits per heavy atom. The summed E-state index contributed by atoms with van der Waals surface area (Å²) in [6.07, 6.45) is 6.96. The molecule has 1 atom stereocenters. The molecule has 1 nitrogen and oxygen atoms in total. The fraction of sp³-hybridized carbons (Fsp3) is 0.417. The highest BCUT2D eigenvalue weighted by Crippen LogP contribution is 2.25. The van der Waals surface area contributed by atoms with E-state index in [1.165, 1.54) is 30.4 Å². The van der Waals surface area contributed by atoms with Crippen LogP contribution in [0.15, 0.2) is 55.1 Å². The van der Waals surface area contributed by atoms with E-state index in [0.29, 0.717) is 0 Å². The molecule has 0 fully saturated rings. The summed E-state index contributed by atoms with van der Waals surface area (Å²) in [5, 5.41) is 0. The van der Waals surface area contributed by atoms with Crippen LogP contribution in [0, 0.1) is 11.8 Å². The summed E-state index contributed by atoms with van der Waals surface area (Å²) < 4.78 is 6.00. The van der Waals surface area contributed by atoms with Gasteiger partial charge in [0.05, 0.1) is 6.61 Å². The van der Waals surface area contributed by atoms with Crippen LogP contribution in [0.1, 0.15) is 52.0 Å². The van der Waals surface area contributed by atoms with Gasteiger partial charge in [0.2, 0.25) is 0 Å². The molecule has 0 saturated heterocycles. The van der Waals surface area contributed by atoms with Crippen LogP contribution in [-0.4, -0.2) is 6.61 Å². The van der Waals surface area contributed by atoms with Crippen LogP contribution < -0.4 is 4.74 Å². The minimum atomic E-state index is 0.728. The van der Waals surface area contributed by atoms with Crippen molar-refractivity contribution < 1.29 is 4.74 Å². The fourth-order valence-electron chi connectivity index (χ4n) is 3.01. The molecule has 2 rings (SSSR count). The predicted octanol–water partition coefficient (Wildman–Crippen LogP) is 7.23. The van der Waals surface area contributed by atoms with Gasteiger partial charge in [-0.15, -0.1) is 0 Å². The lowest BCUT2D eigenvalue weighted by Gasteiger charge is -2.13. The molecular formula is C24H32O. The van der Waals surface area contributed by atoms with Crippen LogP contribution in [0.5, 0.6) is 5.75 Å². The topological polar surface area (TPSA) is 9.23 Å². The van der Waals surface area contributed by atoms with Crippen LogP contribution >= 0.6 is 0 Å². The average Bonchev–Trinajstić information content (AvgIpc) is 2.62. The van der Waals surface area contributed by atoms with Crippen molar-refractivity contribution in [3.63, 3.8) is 0 Å². The van der Waals surface area contributed by atoms with Gasteiger partial charge in [-0.3, -0.25) is 0 Å². The first-order valence-electron chi connectivity index (χ1n) is 9.54. The third-order valence-electron chi connectivity index (χ3n) is 4.65. The first-order valence-corrected chi connectivity index (χ1v) is 9.54. The maximum absolute atomic E-state index is 6.00. The summed E-state index contributed by atoms with van der Waals surface area (Å²) in [4.78, 5) is 0. The van der Waals surface area contributed by atoms with Gasteiger partial charge in [0.1, 0.15) is 5.75 Å². The molecule has 0 aliphatic heterocycles. The van der Waals surface area contributed by atoms with Gasteiger partial charge in [-0.25, -0.2) is 0 Å². The van der Waals surface area contributed by atoms with Crippen molar-refractivity contribution in [3.8, 4) is 16.9 Å². The van der Waals surface area contributed by atoms with E-state index in [1.807, 2.05) is 12.1 Å². The Morgan fingerprint density at radius 3 is 2.36 bits per heavy atom. The summed E-state index contributed by atoms with van der Waals surface area (Å²) in [5.74, 6) is 2.49. The number of benzene rings is 2. The van der Waals surface area contributed by atoms with Gasteiger partial charge in [0, 0.05) is 0 Å². The summed E-state index contributed by atoms with van der Waals surface area (Å²) in [5.41, 5.74) is 3.52. The summed E-state index contributed by atoms with van der Waals surface area (Å²) in [6, 6.07) is 16.8. The lowest BCUT2D eigenvalue weighted by molar-refractivity contribution is 0.276. The van der Waals surface area contributed by atoms with Gasteiger partial charge < -0.3 is 4.74 Å². The second-order valence-electron chi connectivity index (χ2n) is 7.42. The zero-order valence-corrected chi connectivity index (χ0v) is 16.0. The van der Waals surface area contributed by atoms with Crippen molar-refractivity contribution >= 4 is 6.08 Å². The third kappa shape index (κ3) is 6.78. The Labute approximate surface area is 153 Å². The SMILES string of the molecule is C=Cc1cccc(-c2cccc(OCCC(C)CCCC(C)C)c2)c1. The number of hydrogen-bond acceptors (Lipinski definition) is 1. The van der Waals surface area contributed by atoms with E-state index in [0.717, 1.165) is 36.2 Å². The smallest absolute Gasteiger partial charge is 0.119 e. The Balaban J connectivity index is 1.86. The van der Waals surface area contributed by atoms with E-state index < -0.39 is 0 Å². The third-order valence-corrected chi connectivity index (χ3v) is 4.65. The molecule has 0 radical (unpaired) electrons. The minimum Gasteiger partial charge on any atom is -0.494 e. The quantitative estimate of drug-likeness (QED) is 0.445. The molecule has 2 aromatic rings. The fourth-order valence-corrected chi connectivity index (χ4v) is 3.01. The number of rotatable bonds is 10. The number of ether oxygens (including phenoxy) is 1. The predicted molar refractivity (Wildman–Crippen MR) is 110 cm³/mol. The summed E-state index contributed by atoms with van der Waals surface area (Å²) >= 11 is 0. The van der Waals surface area contributed by atoms with Gasteiger partial charge in [0.25, 0.3) is 0 Å². The molecule has 25 heavy (non-hydrogen) atoms. The lowest BCUT2D eigenvalue weighted by Crippen LogP contribution is -2.04. The molecule has 1 heteroatoms. The Morgan fingerprint density at radius 1 is 0.920 bits per heavy atom. The summed E-state index contributed by atoms with van der Waals surface area (Å²) in [7, 11) is 0. The maximum Gasteiger partial charge on any atom is 0.119 e. The molecule has 2 aromatic carbocycles. The van der Waals surface area contributed by atoms with E-state index in [9.17, 15) is 0 Å². The highest BCUT2D eigenvalue weighted by atomic mass is 16.5. The normalized spacial score (nSPS) is 12.2. The maximum atomic E-state index is 6.00. The van der Waals surface area contributed by atoms with E-state index >= 15 is 0 Å². The van der Waals surface area contributed by atoms with Crippen LogP contribution in [-0.2, 0) is 0 Å². The van der Waals surface area contributed by atoms with E-state index in [4.69, 9.17) is 4.74 Å². The first-order chi connectivity index (χ1) is 12.1. The van der Waals surface area contributed by atoms with Crippen molar-refractivity contribution in [1.82, 2.24) is 0 Å². The average molecular weight is 337 g/mol. The van der Waals surface area contributed by atoms with Crippen LogP contribution in [0.3, 0.4) is 0 Å². The monoisotopic (exact) mass is 336 g/mol. The first kappa shape index (κ1) is 19.3. The minimum absolute atomic E-state index is 0.728. The molecule has 0 aliphatic carbocycles. The highest BCUT2D eigenvalue weighted by Gasteiger charge is 2.05.